The molecule has 0 bridgehead atoms. The minimum Gasteiger partial charge on any atom is -0.444 e. The van der Waals surface area contributed by atoms with Gasteiger partial charge in [-0.05, 0) is 37.5 Å². The molecule has 5 heteroatoms. The summed E-state index contributed by atoms with van der Waals surface area (Å²) in [5.74, 6) is 0.377. The second-order valence-corrected chi connectivity index (χ2v) is 5.89. The average molecular weight is 302 g/mol. The molecule has 5 nitrogen and oxygen atoms in total. The van der Waals surface area contributed by atoms with Gasteiger partial charge in [0.05, 0.1) is 18.2 Å². The van der Waals surface area contributed by atoms with Gasteiger partial charge in [0.15, 0.2) is 0 Å². The summed E-state index contributed by atoms with van der Waals surface area (Å²) in [5.41, 5.74) is 3.33. The van der Waals surface area contributed by atoms with E-state index in [1.807, 2.05) is 45.9 Å². The average Bonchev–Trinajstić information content (AvgIpc) is 2.87. The number of benzene rings is 1. The molecule has 0 aliphatic heterocycles. The Morgan fingerprint density at radius 2 is 2.09 bits per heavy atom. The number of oxazole rings is 1. The van der Waals surface area contributed by atoms with Crippen molar-refractivity contribution in [3.8, 4) is 11.5 Å². The molecular weight excluding hydrogens is 280 g/mol. The lowest BCUT2D eigenvalue weighted by molar-refractivity contribution is -0.118. The van der Waals surface area contributed by atoms with Crippen LogP contribution >= 0.6 is 0 Å². The molecule has 118 valence electrons. The second-order valence-electron chi connectivity index (χ2n) is 5.89. The summed E-state index contributed by atoms with van der Waals surface area (Å²) in [6.07, 6.45) is 1.04. The van der Waals surface area contributed by atoms with Gasteiger partial charge in [-0.3, -0.25) is 4.79 Å². The third kappa shape index (κ3) is 3.95. The van der Waals surface area contributed by atoms with Crippen LogP contribution in [0.3, 0.4) is 0 Å². The molecule has 22 heavy (non-hydrogen) atoms. The molecule has 0 radical (unpaired) electrons. The highest BCUT2D eigenvalue weighted by Gasteiger charge is 2.15. The van der Waals surface area contributed by atoms with Crippen molar-refractivity contribution in [2.75, 3.05) is 5.32 Å². The zero-order valence-electron chi connectivity index (χ0n) is 13.4. The fraction of sp³-hybridized carbons (Fsp3) is 0.412. The van der Waals surface area contributed by atoms with Crippen molar-refractivity contribution in [3.63, 3.8) is 0 Å². The van der Waals surface area contributed by atoms with Crippen molar-refractivity contribution in [2.24, 2.45) is 5.92 Å². The van der Waals surface area contributed by atoms with E-state index in [1.165, 1.54) is 0 Å². The zero-order valence-corrected chi connectivity index (χ0v) is 13.4. The number of nitrogens with one attached hydrogen (secondary N) is 1. The summed E-state index contributed by atoms with van der Waals surface area (Å²) in [7, 11) is 0. The predicted octanol–water partition coefficient (Wildman–Crippen LogP) is 3.30. The minimum atomic E-state index is -0.640. The van der Waals surface area contributed by atoms with E-state index >= 15 is 0 Å². The van der Waals surface area contributed by atoms with Gasteiger partial charge in [-0.1, -0.05) is 19.9 Å². The van der Waals surface area contributed by atoms with E-state index in [2.05, 4.69) is 10.3 Å². The number of nitrogens with zero attached hydrogens (tertiary/aromatic N) is 1. The van der Waals surface area contributed by atoms with Crippen LogP contribution < -0.4 is 5.32 Å². The Labute approximate surface area is 130 Å². The van der Waals surface area contributed by atoms with E-state index in [0.29, 0.717) is 11.6 Å². The van der Waals surface area contributed by atoms with Crippen LogP contribution in [-0.4, -0.2) is 22.1 Å². The first-order valence-corrected chi connectivity index (χ1v) is 7.38. The monoisotopic (exact) mass is 302 g/mol. The minimum absolute atomic E-state index is 0.0506. The van der Waals surface area contributed by atoms with Crippen molar-refractivity contribution in [2.45, 2.75) is 40.2 Å². The number of anilines is 1. The molecule has 0 aliphatic rings. The van der Waals surface area contributed by atoms with Gasteiger partial charge in [0, 0.05) is 11.3 Å². The van der Waals surface area contributed by atoms with Crippen molar-refractivity contribution in [3.05, 3.63) is 35.7 Å². The second kappa shape index (κ2) is 6.75. The third-order valence-electron chi connectivity index (χ3n) is 3.53. The van der Waals surface area contributed by atoms with Gasteiger partial charge in [-0.15, -0.1) is 0 Å². The number of carbonyl (C=O) groups is 1. The largest absolute Gasteiger partial charge is 0.444 e. The first kappa shape index (κ1) is 16.2. The van der Waals surface area contributed by atoms with Crippen molar-refractivity contribution >= 4 is 11.6 Å². The number of amides is 1. The lowest BCUT2D eigenvalue weighted by Crippen LogP contribution is -2.23. The van der Waals surface area contributed by atoms with Crippen LogP contribution in [0, 0.1) is 19.8 Å². The summed E-state index contributed by atoms with van der Waals surface area (Å²) >= 11 is 0. The van der Waals surface area contributed by atoms with Crippen LogP contribution in [0.25, 0.3) is 11.5 Å². The summed E-state index contributed by atoms with van der Waals surface area (Å²) in [4.78, 5) is 16.3. The SMILES string of the molecule is Cc1coc(-c2cc(NC(=O)CC(O)C(C)C)ccc2C)n1. The molecule has 1 heterocycles. The molecule has 1 aromatic carbocycles. The molecule has 0 saturated carbocycles. The number of hydrogen-bond acceptors (Lipinski definition) is 4. The Bertz CT molecular complexity index is 662. The van der Waals surface area contributed by atoms with Crippen LogP contribution in [0.4, 0.5) is 5.69 Å². The fourth-order valence-corrected chi connectivity index (χ4v) is 2.05. The van der Waals surface area contributed by atoms with E-state index in [9.17, 15) is 9.90 Å². The zero-order chi connectivity index (χ0) is 16.3. The number of aryl methyl sites for hydroxylation is 2. The number of aromatic nitrogens is 1. The van der Waals surface area contributed by atoms with Gasteiger partial charge in [0.25, 0.3) is 0 Å². The number of aliphatic hydroxyl groups is 1. The number of hydrogen-bond donors (Lipinski definition) is 2. The van der Waals surface area contributed by atoms with Gasteiger partial charge in [0.1, 0.15) is 6.26 Å². The summed E-state index contributed by atoms with van der Waals surface area (Å²) < 4.78 is 5.42. The van der Waals surface area contributed by atoms with Crippen molar-refractivity contribution in [1.29, 1.82) is 0 Å². The third-order valence-corrected chi connectivity index (χ3v) is 3.53. The van der Waals surface area contributed by atoms with E-state index in [0.717, 1.165) is 16.8 Å². The highest BCUT2D eigenvalue weighted by molar-refractivity contribution is 5.91. The summed E-state index contributed by atoms with van der Waals surface area (Å²) in [5, 5.41) is 12.6. The Morgan fingerprint density at radius 1 is 1.36 bits per heavy atom. The smallest absolute Gasteiger partial charge is 0.226 e. The Hall–Kier alpha value is -2.14. The van der Waals surface area contributed by atoms with Crippen LogP contribution in [0.1, 0.15) is 31.5 Å². The Kier molecular flexibility index (Phi) is 4.98. The van der Waals surface area contributed by atoms with Gasteiger partial charge in [-0.2, -0.15) is 0 Å². The van der Waals surface area contributed by atoms with Crippen LogP contribution in [0.2, 0.25) is 0 Å². The molecule has 0 saturated heterocycles. The summed E-state index contributed by atoms with van der Waals surface area (Å²) in [6.45, 7) is 7.59. The number of carbonyl (C=O) groups excluding carboxylic acids is 1. The quantitative estimate of drug-likeness (QED) is 0.888. The molecule has 1 atom stereocenters. The molecule has 2 rings (SSSR count). The maximum atomic E-state index is 12.0. The fourth-order valence-electron chi connectivity index (χ4n) is 2.05. The molecule has 0 aliphatic carbocycles. The molecule has 1 unspecified atom stereocenters. The van der Waals surface area contributed by atoms with Crippen molar-refractivity contribution in [1.82, 2.24) is 4.98 Å². The van der Waals surface area contributed by atoms with Gasteiger partial charge in [-0.25, -0.2) is 4.98 Å². The van der Waals surface area contributed by atoms with Gasteiger partial charge in [0.2, 0.25) is 11.8 Å². The van der Waals surface area contributed by atoms with E-state index < -0.39 is 6.10 Å². The van der Waals surface area contributed by atoms with Crippen LogP contribution in [-0.2, 0) is 4.79 Å². The summed E-state index contributed by atoms with van der Waals surface area (Å²) in [6, 6.07) is 5.57. The topological polar surface area (TPSA) is 75.4 Å². The van der Waals surface area contributed by atoms with Crippen LogP contribution in [0.15, 0.2) is 28.9 Å². The lowest BCUT2D eigenvalue weighted by atomic mass is 10.0. The number of rotatable bonds is 5. The standard InChI is InChI=1S/C17H22N2O3/c1-10(2)15(20)8-16(21)19-13-6-5-11(3)14(7-13)17-18-12(4)9-22-17/h5-7,9-10,15,20H,8H2,1-4H3,(H,19,21). The maximum absolute atomic E-state index is 12.0. The first-order chi connectivity index (χ1) is 10.4. The highest BCUT2D eigenvalue weighted by atomic mass is 16.3. The molecule has 2 aromatic rings. The number of aliphatic hydroxyl groups excluding tert-OH is 1. The molecule has 0 fully saturated rings. The van der Waals surface area contributed by atoms with Crippen molar-refractivity contribution < 1.29 is 14.3 Å². The molecule has 2 N–H and O–H groups in total. The molecule has 1 aromatic heterocycles. The van der Waals surface area contributed by atoms with E-state index in [4.69, 9.17) is 4.42 Å². The maximum Gasteiger partial charge on any atom is 0.226 e. The van der Waals surface area contributed by atoms with Crippen LogP contribution in [0.5, 0.6) is 0 Å². The Balaban J connectivity index is 2.14. The molecule has 0 spiro atoms. The highest BCUT2D eigenvalue weighted by Crippen LogP contribution is 2.26. The van der Waals surface area contributed by atoms with Gasteiger partial charge < -0.3 is 14.8 Å². The lowest BCUT2D eigenvalue weighted by Gasteiger charge is -2.14. The normalized spacial score (nSPS) is 12.5. The predicted molar refractivity (Wildman–Crippen MR) is 85.5 cm³/mol. The first-order valence-electron chi connectivity index (χ1n) is 7.38. The molecular formula is C17H22N2O3. The Morgan fingerprint density at radius 3 is 2.68 bits per heavy atom. The van der Waals surface area contributed by atoms with E-state index in [-0.39, 0.29) is 18.2 Å². The van der Waals surface area contributed by atoms with Gasteiger partial charge >= 0.3 is 0 Å². The van der Waals surface area contributed by atoms with E-state index in [1.54, 1.807) is 6.26 Å². The molecule has 1 amide bonds.